The van der Waals surface area contributed by atoms with E-state index in [-0.39, 0.29) is 17.9 Å². The molecule has 0 aliphatic heterocycles. The number of nitrogens with one attached hydrogen (secondary N) is 1. The van der Waals surface area contributed by atoms with E-state index in [0.29, 0.717) is 5.92 Å². The summed E-state index contributed by atoms with van der Waals surface area (Å²) < 4.78 is 13.3. The summed E-state index contributed by atoms with van der Waals surface area (Å²) in [7, 11) is 0. The van der Waals surface area contributed by atoms with Gasteiger partial charge < -0.3 is 5.32 Å². The van der Waals surface area contributed by atoms with Gasteiger partial charge in [-0.25, -0.2) is 4.39 Å². The van der Waals surface area contributed by atoms with Crippen molar-refractivity contribution >= 4 is 11.6 Å². The van der Waals surface area contributed by atoms with E-state index >= 15 is 0 Å². The summed E-state index contributed by atoms with van der Waals surface area (Å²) in [6.07, 6.45) is 2.91. The zero-order valence-electron chi connectivity index (χ0n) is 12.5. The second-order valence-corrected chi connectivity index (χ2v) is 6.03. The van der Waals surface area contributed by atoms with Gasteiger partial charge in [0.25, 0.3) is 0 Å². The van der Waals surface area contributed by atoms with E-state index in [4.69, 9.17) is 11.6 Å². The van der Waals surface area contributed by atoms with Gasteiger partial charge in [0, 0.05) is 23.3 Å². The molecule has 2 aromatic rings. The van der Waals surface area contributed by atoms with Crippen molar-refractivity contribution in [1.29, 1.82) is 0 Å². The smallest absolute Gasteiger partial charge is 0.141 e. The fraction of sp³-hybridized carbons (Fsp3) is 0.353. The Bertz CT molecular complexity index is 584. The molecule has 0 amide bonds. The number of hydrogen-bond donors (Lipinski definition) is 1. The predicted octanol–water partition coefficient (Wildman–Crippen LogP) is 4.92. The highest BCUT2D eigenvalue weighted by Gasteiger charge is 2.19. The Balaban J connectivity index is 2.18. The highest BCUT2D eigenvalue weighted by molar-refractivity contribution is 6.30. The number of rotatable bonds is 5. The van der Waals surface area contributed by atoms with Crippen LogP contribution in [0.25, 0.3) is 0 Å². The van der Waals surface area contributed by atoms with Crippen molar-refractivity contribution in [3.05, 3.63) is 64.7 Å². The lowest BCUT2D eigenvalue weighted by molar-refractivity contribution is 0.373. The summed E-state index contributed by atoms with van der Waals surface area (Å²) in [6.45, 7) is 6.33. The minimum absolute atomic E-state index is 0.0104. The zero-order valence-corrected chi connectivity index (χ0v) is 13.2. The van der Waals surface area contributed by atoms with Gasteiger partial charge in [0.15, 0.2) is 0 Å². The number of nitrogens with zero attached hydrogens (tertiary/aromatic N) is 1. The summed E-state index contributed by atoms with van der Waals surface area (Å²) in [5, 5.41) is 4.27. The standard InChI is InChI=1S/C17H20ClFN2/c1-11(2)17(13-4-6-15(18)7-5-13)21-12(3)14-8-16(19)10-20-9-14/h4-12,17,21H,1-3H3. The van der Waals surface area contributed by atoms with Gasteiger partial charge in [0.1, 0.15) is 5.82 Å². The van der Waals surface area contributed by atoms with E-state index in [1.807, 2.05) is 31.2 Å². The van der Waals surface area contributed by atoms with E-state index in [0.717, 1.165) is 10.6 Å². The van der Waals surface area contributed by atoms with E-state index in [1.54, 1.807) is 6.20 Å². The Labute approximate surface area is 130 Å². The van der Waals surface area contributed by atoms with Gasteiger partial charge >= 0.3 is 0 Å². The minimum Gasteiger partial charge on any atom is -0.303 e. The molecule has 1 N–H and O–H groups in total. The highest BCUT2D eigenvalue weighted by Crippen LogP contribution is 2.26. The average molecular weight is 307 g/mol. The summed E-state index contributed by atoms with van der Waals surface area (Å²) in [5.74, 6) is 0.0869. The molecule has 0 radical (unpaired) electrons. The van der Waals surface area contributed by atoms with E-state index < -0.39 is 0 Å². The van der Waals surface area contributed by atoms with Gasteiger partial charge in [0.2, 0.25) is 0 Å². The summed E-state index contributed by atoms with van der Waals surface area (Å²) in [5.41, 5.74) is 2.01. The van der Waals surface area contributed by atoms with Crippen molar-refractivity contribution in [2.24, 2.45) is 5.92 Å². The minimum atomic E-state index is -0.311. The number of pyridine rings is 1. The number of halogens is 2. The van der Waals surface area contributed by atoms with Crippen LogP contribution in [0.15, 0.2) is 42.7 Å². The molecule has 1 aromatic heterocycles. The van der Waals surface area contributed by atoms with Crippen LogP contribution in [0.5, 0.6) is 0 Å². The average Bonchev–Trinajstić information content (AvgIpc) is 2.45. The SMILES string of the molecule is CC(NC(c1ccc(Cl)cc1)C(C)C)c1cncc(F)c1. The van der Waals surface area contributed by atoms with Crippen molar-refractivity contribution < 1.29 is 4.39 Å². The van der Waals surface area contributed by atoms with Crippen molar-refractivity contribution in [1.82, 2.24) is 10.3 Å². The number of benzene rings is 1. The lowest BCUT2D eigenvalue weighted by Gasteiger charge is -2.27. The molecule has 0 saturated carbocycles. The molecule has 2 nitrogen and oxygen atoms in total. The van der Waals surface area contributed by atoms with Gasteiger partial charge in [-0.1, -0.05) is 37.6 Å². The van der Waals surface area contributed by atoms with Crippen molar-refractivity contribution in [3.8, 4) is 0 Å². The van der Waals surface area contributed by atoms with Crippen LogP contribution in [0.1, 0.15) is 44.0 Å². The molecule has 0 aliphatic rings. The Hall–Kier alpha value is -1.45. The molecule has 2 atom stereocenters. The van der Waals surface area contributed by atoms with Gasteiger partial charge in [-0.3, -0.25) is 4.98 Å². The Morgan fingerprint density at radius 1 is 1.05 bits per heavy atom. The molecule has 112 valence electrons. The molecule has 21 heavy (non-hydrogen) atoms. The first-order valence-corrected chi connectivity index (χ1v) is 7.47. The van der Waals surface area contributed by atoms with Crippen LogP contribution in [0.3, 0.4) is 0 Å². The highest BCUT2D eigenvalue weighted by atomic mass is 35.5. The van der Waals surface area contributed by atoms with Crippen LogP contribution in [0.4, 0.5) is 4.39 Å². The zero-order chi connectivity index (χ0) is 15.4. The molecule has 1 aromatic carbocycles. The third kappa shape index (κ3) is 4.26. The van der Waals surface area contributed by atoms with E-state index in [2.05, 4.69) is 24.1 Å². The molecular weight excluding hydrogens is 287 g/mol. The first-order valence-electron chi connectivity index (χ1n) is 7.09. The van der Waals surface area contributed by atoms with Crippen LogP contribution in [-0.2, 0) is 0 Å². The topological polar surface area (TPSA) is 24.9 Å². The predicted molar refractivity (Wildman–Crippen MR) is 84.8 cm³/mol. The van der Waals surface area contributed by atoms with Crippen LogP contribution < -0.4 is 5.32 Å². The van der Waals surface area contributed by atoms with Crippen LogP contribution in [0, 0.1) is 11.7 Å². The summed E-state index contributed by atoms with van der Waals surface area (Å²) in [6, 6.07) is 9.53. The Kier molecular flexibility index (Phi) is 5.32. The van der Waals surface area contributed by atoms with Gasteiger partial charge in [0.05, 0.1) is 6.20 Å². The van der Waals surface area contributed by atoms with E-state index in [9.17, 15) is 4.39 Å². The number of aromatic nitrogens is 1. The maximum absolute atomic E-state index is 13.3. The maximum atomic E-state index is 13.3. The molecule has 0 spiro atoms. The molecule has 0 saturated heterocycles. The normalized spacial score (nSPS) is 14.2. The summed E-state index contributed by atoms with van der Waals surface area (Å²) >= 11 is 5.94. The first kappa shape index (κ1) is 15.9. The fourth-order valence-corrected chi connectivity index (χ4v) is 2.50. The maximum Gasteiger partial charge on any atom is 0.141 e. The second-order valence-electron chi connectivity index (χ2n) is 5.60. The molecule has 2 unspecified atom stereocenters. The van der Waals surface area contributed by atoms with Gasteiger partial charge in [-0.2, -0.15) is 0 Å². The Morgan fingerprint density at radius 2 is 1.71 bits per heavy atom. The molecule has 2 rings (SSSR count). The molecule has 1 heterocycles. The molecule has 0 fully saturated rings. The van der Waals surface area contributed by atoms with Crippen molar-refractivity contribution in [2.75, 3.05) is 0 Å². The van der Waals surface area contributed by atoms with Gasteiger partial charge in [-0.15, -0.1) is 0 Å². The monoisotopic (exact) mass is 306 g/mol. The van der Waals surface area contributed by atoms with Crippen LogP contribution in [0.2, 0.25) is 5.02 Å². The van der Waals surface area contributed by atoms with Crippen LogP contribution in [-0.4, -0.2) is 4.98 Å². The fourth-order valence-electron chi connectivity index (χ4n) is 2.37. The van der Waals surface area contributed by atoms with Crippen molar-refractivity contribution in [2.45, 2.75) is 32.9 Å². The molecule has 0 bridgehead atoms. The third-order valence-electron chi connectivity index (χ3n) is 3.55. The molecular formula is C17H20ClFN2. The quantitative estimate of drug-likeness (QED) is 0.848. The molecule has 0 aliphatic carbocycles. The number of hydrogen-bond acceptors (Lipinski definition) is 2. The lowest BCUT2D eigenvalue weighted by Crippen LogP contribution is -2.28. The molecule has 4 heteroatoms. The summed E-state index contributed by atoms with van der Waals surface area (Å²) in [4.78, 5) is 3.91. The van der Waals surface area contributed by atoms with Crippen molar-refractivity contribution in [3.63, 3.8) is 0 Å². The largest absolute Gasteiger partial charge is 0.303 e. The van der Waals surface area contributed by atoms with E-state index in [1.165, 1.54) is 17.8 Å². The first-order chi connectivity index (χ1) is 9.97. The second kappa shape index (κ2) is 7.01. The van der Waals surface area contributed by atoms with Crippen LogP contribution >= 0.6 is 11.6 Å². The van der Waals surface area contributed by atoms with Gasteiger partial charge in [-0.05, 0) is 42.2 Å². The lowest BCUT2D eigenvalue weighted by atomic mass is 9.94. The third-order valence-corrected chi connectivity index (χ3v) is 3.80. The Morgan fingerprint density at radius 3 is 2.29 bits per heavy atom.